The second-order valence-corrected chi connectivity index (χ2v) is 5.56. The summed E-state index contributed by atoms with van der Waals surface area (Å²) in [5.41, 5.74) is 6.01. The molecule has 4 heteroatoms. The highest BCUT2D eigenvalue weighted by molar-refractivity contribution is 6.12. The van der Waals surface area contributed by atoms with Gasteiger partial charge >= 0.3 is 0 Å². The first-order valence-electron chi connectivity index (χ1n) is 7.78. The van der Waals surface area contributed by atoms with Gasteiger partial charge in [-0.05, 0) is 44.7 Å². The lowest BCUT2D eigenvalue weighted by Gasteiger charge is -2.12. The number of aromatic nitrogens is 1. The smallest absolute Gasteiger partial charge is 0.0844 e. The van der Waals surface area contributed by atoms with Crippen molar-refractivity contribution in [3.05, 3.63) is 34.8 Å². The number of allylic oxidation sites excluding steroid dienone is 2. The van der Waals surface area contributed by atoms with Crippen LogP contribution in [0.3, 0.4) is 0 Å². The number of rotatable bonds is 6. The molecular formula is C18H28N4. The number of hydrogen-bond donors (Lipinski definition) is 1. The minimum absolute atomic E-state index is 0.468. The van der Waals surface area contributed by atoms with Gasteiger partial charge in [0, 0.05) is 37.8 Å². The Morgan fingerprint density at radius 2 is 2.09 bits per heavy atom. The van der Waals surface area contributed by atoms with Crippen molar-refractivity contribution < 1.29 is 0 Å². The molecule has 0 saturated heterocycles. The van der Waals surface area contributed by atoms with Crippen LogP contribution in [0.4, 0.5) is 5.69 Å². The van der Waals surface area contributed by atoms with Crippen molar-refractivity contribution in [1.82, 2.24) is 10.3 Å². The van der Waals surface area contributed by atoms with Crippen LogP contribution < -0.4 is 5.32 Å². The van der Waals surface area contributed by atoms with Gasteiger partial charge in [0.1, 0.15) is 0 Å². The molecule has 22 heavy (non-hydrogen) atoms. The zero-order chi connectivity index (χ0) is 16.7. The monoisotopic (exact) mass is 300 g/mol. The van der Waals surface area contributed by atoms with Gasteiger partial charge < -0.3 is 5.32 Å². The molecule has 120 valence electrons. The first-order chi connectivity index (χ1) is 10.4. The standard InChI is InChI=1S/C18H28N4/c1-8-12(2)10-22-17-9-16(11-21-15(17)5)18(20-7)13(3)14(4)19-6/h9-12,19H,8H2,1-7H3/b14-13+,20-18+,22-10-. The van der Waals surface area contributed by atoms with Gasteiger partial charge in [-0.3, -0.25) is 15.0 Å². The maximum atomic E-state index is 4.60. The Morgan fingerprint density at radius 1 is 1.41 bits per heavy atom. The van der Waals surface area contributed by atoms with E-state index in [2.05, 4.69) is 47.1 Å². The molecule has 1 aromatic rings. The fourth-order valence-corrected chi connectivity index (χ4v) is 1.97. The van der Waals surface area contributed by atoms with E-state index in [0.717, 1.165) is 40.3 Å². The van der Waals surface area contributed by atoms with Crippen LogP contribution in [0.1, 0.15) is 45.4 Å². The fraction of sp³-hybridized carbons (Fsp3) is 0.500. The predicted octanol–water partition coefficient (Wildman–Crippen LogP) is 4.07. The summed E-state index contributed by atoms with van der Waals surface area (Å²) < 4.78 is 0. The van der Waals surface area contributed by atoms with Gasteiger partial charge in [-0.2, -0.15) is 0 Å². The topological polar surface area (TPSA) is 49.6 Å². The first kappa shape index (κ1) is 18.1. The number of aliphatic imine (C=N–C) groups is 2. The van der Waals surface area contributed by atoms with E-state index in [1.807, 2.05) is 40.4 Å². The van der Waals surface area contributed by atoms with E-state index in [-0.39, 0.29) is 0 Å². The van der Waals surface area contributed by atoms with Crippen LogP contribution in [0.15, 0.2) is 33.5 Å². The Morgan fingerprint density at radius 3 is 2.64 bits per heavy atom. The molecule has 1 unspecified atom stereocenters. The largest absolute Gasteiger partial charge is 0.391 e. The number of pyridine rings is 1. The zero-order valence-corrected chi connectivity index (χ0v) is 14.9. The van der Waals surface area contributed by atoms with Gasteiger partial charge in [0.05, 0.1) is 17.1 Å². The average Bonchev–Trinajstić information content (AvgIpc) is 2.54. The zero-order valence-electron chi connectivity index (χ0n) is 14.9. The van der Waals surface area contributed by atoms with Gasteiger partial charge in [-0.15, -0.1) is 0 Å². The molecule has 0 aliphatic heterocycles. The molecule has 1 N–H and O–H groups in total. The summed E-state index contributed by atoms with van der Waals surface area (Å²) in [6, 6.07) is 2.07. The molecule has 0 aromatic carbocycles. The quantitative estimate of drug-likeness (QED) is 0.805. The van der Waals surface area contributed by atoms with E-state index < -0.39 is 0 Å². The molecular weight excluding hydrogens is 272 g/mol. The van der Waals surface area contributed by atoms with Crippen LogP contribution in [0.2, 0.25) is 0 Å². The molecule has 0 radical (unpaired) electrons. The number of aryl methyl sites for hydroxylation is 1. The number of nitrogens with zero attached hydrogens (tertiary/aromatic N) is 3. The molecule has 1 rings (SSSR count). The molecule has 1 atom stereocenters. The molecule has 0 aliphatic rings. The van der Waals surface area contributed by atoms with Gasteiger partial charge in [-0.1, -0.05) is 13.8 Å². The molecule has 4 nitrogen and oxygen atoms in total. The lowest BCUT2D eigenvalue weighted by atomic mass is 10.0. The molecule has 0 amide bonds. The Balaban J connectivity index is 3.25. The van der Waals surface area contributed by atoms with Crippen molar-refractivity contribution in [2.75, 3.05) is 14.1 Å². The highest BCUT2D eigenvalue weighted by atomic mass is 14.8. The normalized spacial score (nSPS) is 15.0. The summed E-state index contributed by atoms with van der Waals surface area (Å²) in [5, 5.41) is 3.17. The lowest BCUT2D eigenvalue weighted by Crippen LogP contribution is -2.12. The van der Waals surface area contributed by atoms with Crippen LogP contribution >= 0.6 is 0 Å². The Labute approximate surface area is 134 Å². The van der Waals surface area contributed by atoms with Crippen LogP contribution in [0, 0.1) is 12.8 Å². The summed E-state index contributed by atoms with van der Waals surface area (Å²) in [7, 11) is 3.73. The molecule has 0 spiro atoms. The second-order valence-electron chi connectivity index (χ2n) is 5.56. The van der Waals surface area contributed by atoms with Crippen molar-refractivity contribution in [2.45, 2.75) is 41.0 Å². The Bertz CT molecular complexity index is 597. The summed E-state index contributed by atoms with van der Waals surface area (Å²) in [6.45, 7) is 10.4. The fourth-order valence-electron chi connectivity index (χ4n) is 1.97. The SMILES string of the molecule is CCC(C)/C=N\c1cc(C(=N/C)/C(C)=C(\C)NC)cnc1C. The van der Waals surface area contributed by atoms with Crippen LogP contribution in [0.25, 0.3) is 0 Å². The van der Waals surface area contributed by atoms with E-state index in [0.29, 0.717) is 5.92 Å². The third-order valence-electron chi connectivity index (χ3n) is 3.96. The first-order valence-corrected chi connectivity index (χ1v) is 7.78. The van der Waals surface area contributed by atoms with E-state index >= 15 is 0 Å². The van der Waals surface area contributed by atoms with Gasteiger partial charge in [0.25, 0.3) is 0 Å². The van der Waals surface area contributed by atoms with E-state index in [9.17, 15) is 0 Å². The molecule has 0 bridgehead atoms. The summed E-state index contributed by atoms with van der Waals surface area (Å²) in [4.78, 5) is 13.5. The van der Waals surface area contributed by atoms with Gasteiger partial charge in [-0.25, -0.2) is 0 Å². The molecule has 1 heterocycles. The van der Waals surface area contributed by atoms with E-state index in [1.54, 1.807) is 0 Å². The molecule has 0 fully saturated rings. The Kier molecular flexibility index (Phi) is 6.96. The predicted molar refractivity (Wildman–Crippen MR) is 96.5 cm³/mol. The van der Waals surface area contributed by atoms with Crippen LogP contribution in [-0.4, -0.2) is 31.0 Å². The summed E-state index contributed by atoms with van der Waals surface area (Å²) in [5.74, 6) is 0.468. The van der Waals surface area contributed by atoms with Crippen molar-refractivity contribution in [3.63, 3.8) is 0 Å². The van der Waals surface area contributed by atoms with Gasteiger partial charge in [0.2, 0.25) is 0 Å². The van der Waals surface area contributed by atoms with E-state index in [1.165, 1.54) is 0 Å². The lowest BCUT2D eigenvalue weighted by molar-refractivity contribution is 0.754. The van der Waals surface area contributed by atoms with Gasteiger partial charge in [0.15, 0.2) is 0 Å². The third-order valence-corrected chi connectivity index (χ3v) is 3.96. The molecule has 0 saturated carbocycles. The minimum atomic E-state index is 0.468. The van der Waals surface area contributed by atoms with Crippen LogP contribution in [0.5, 0.6) is 0 Å². The van der Waals surface area contributed by atoms with Crippen molar-refractivity contribution >= 4 is 17.6 Å². The average molecular weight is 300 g/mol. The van der Waals surface area contributed by atoms with Crippen molar-refractivity contribution in [2.24, 2.45) is 15.9 Å². The Hall–Kier alpha value is -1.97. The maximum Gasteiger partial charge on any atom is 0.0844 e. The van der Waals surface area contributed by atoms with Crippen molar-refractivity contribution in [3.8, 4) is 0 Å². The summed E-state index contributed by atoms with van der Waals surface area (Å²) in [6.07, 6.45) is 4.95. The molecule has 0 aliphatic carbocycles. The second kappa shape index (κ2) is 8.47. The van der Waals surface area contributed by atoms with Crippen LogP contribution in [-0.2, 0) is 0 Å². The van der Waals surface area contributed by atoms with Crippen molar-refractivity contribution in [1.29, 1.82) is 0 Å². The number of hydrogen-bond acceptors (Lipinski definition) is 4. The van der Waals surface area contributed by atoms with E-state index in [4.69, 9.17) is 0 Å². The molecule has 1 aromatic heterocycles. The summed E-state index contributed by atoms with van der Waals surface area (Å²) >= 11 is 0. The maximum absolute atomic E-state index is 4.60. The highest BCUT2D eigenvalue weighted by Crippen LogP contribution is 2.21. The highest BCUT2D eigenvalue weighted by Gasteiger charge is 2.10. The minimum Gasteiger partial charge on any atom is -0.391 e. The number of nitrogens with one attached hydrogen (secondary N) is 1. The third kappa shape index (κ3) is 4.52.